The number of fused-ring (bicyclic) bond motifs is 1. The number of hydrogen-bond acceptors (Lipinski definition) is 3. The van der Waals surface area contributed by atoms with Crippen LogP contribution in [-0.4, -0.2) is 47.7 Å². The van der Waals surface area contributed by atoms with Crippen LogP contribution in [0, 0.1) is 0 Å². The number of para-hydroxylation sites is 2. The summed E-state index contributed by atoms with van der Waals surface area (Å²) in [5.74, 6) is -0.00985. The fourth-order valence-electron chi connectivity index (χ4n) is 2.95. The van der Waals surface area contributed by atoms with Crippen LogP contribution in [0.5, 0.6) is 0 Å². The molecule has 1 saturated heterocycles. The largest absolute Gasteiger partial charge is 0.465 e. The molecule has 0 atom stereocenters. The molecule has 0 saturated carbocycles. The molecule has 0 spiro atoms. The third-order valence-corrected chi connectivity index (χ3v) is 3.98. The minimum atomic E-state index is -0.861. The van der Waals surface area contributed by atoms with Gasteiger partial charge in [0, 0.05) is 19.1 Å². The lowest BCUT2D eigenvalue weighted by atomic mass is 10.0. The average molecular weight is 275 g/mol. The Bertz CT molecular complexity index is 538. The Balaban J connectivity index is 1.78. The topological polar surface area (TPSA) is 72.9 Å². The van der Waals surface area contributed by atoms with Crippen molar-refractivity contribution in [3.05, 3.63) is 24.3 Å². The van der Waals surface area contributed by atoms with Crippen LogP contribution >= 0.6 is 0 Å². The maximum atomic E-state index is 11.8. The lowest BCUT2D eigenvalue weighted by Crippen LogP contribution is -2.50. The summed E-state index contributed by atoms with van der Waals surface area (Å²) in [5.41, 5.74) is 1.87. The third kappa shape index (κ3) is 2.29. The van der Waals surface area contributed by atoms with E-state index in [1.807, 2.05) is 24.3 Å². The molecule has 0 radical (unpaired) electrons. The highest BCUT2D eigenvalue weighted by Gasteiger charge is 2.31. The number of carbonyl (C=O) groups excluding carboxylic acids is 1. The molecule has 1 aromatic carbocycles. The quantitative estimate of drug-likeness (QED) is 0.816. The van der Waals surface area contributed by atoms with Crippen LogP contribution in [0.4, 0.5) is 16.2 Å². The number of benzene rings is 1. The molecular weight excluding hydrogens is 258 g/mol. The van der Waals surface area contributed by atoms with Crippen molar-refractivity contribution in [3.8, 4) is 0 Å². The molecule has 1 fully saturated rings. The molecule has 20 heavy (non-hydrogen) atoms. The van der Waals surface area contributed by atoms with Gasteiger partial charge in [0.15, 0.2) is 0 Å². The molecular formula is C14H17N3O3. The number of nitrogens with zero attached hydrogens (tertiary/aromatic N) is 2. The van der Waals surface area contributed by atoms with E-state index in [0.29, 0.717) is 19.6 Å². The average Bonchev–Trinajstić information content (AvgIpc) is 2.46. The molecule has 1 aromatic rings. The molecule has 0 aromatic heterocycles. The van der Waals surface area contributed by atoms with E-state index in [1.54, 1.807) is 0 Å². The van der Waals surface area contributed by atoms with Crippen molar-refractivity contribution >= 4 is 23.4 Å². The van der Waals surface area contributed by atoms with E-state index in [9.17, 15) is 9.59 Å². The van der Waals surface area contributed by atoms with E-state index in [4.69, 9.17) is 5.11 Å². The summed E-state index contributed by atoms with van der Waals surface area (Å²) in [6.45, 7) is 1.40. The number of piperidine rings is 1. The van der Waals surface area contributed by atoms with Crippen LogP contribution in [0.25, 0.3) is 0 Å². The van der Waals surface area contributed by atoms with Gasteiger partial charge in [-0.3, -0.25) is 4.79 Å². The summed E-state index contributed by atoms with van der Waals surface area (Å²) in [7, 11) is 0. The first kappa shape index (κ1) is 12.8. The van der Waals surface area contributed by atoms with Gasteiger partial charge in [0.1, 0.15) is 0 Å². The lowest BCUT2D eigenvalue weighted by molar-refractivity contribution is -0.115. The zero-order valence-corrected chi connectivity index (χ0v) is 11.1. The van der Waals surface area contributed by atoms with Crippen LogP contribution in [0.2, 0.25) is 0 Å². The Morgan fingerprint density at radius 1 is 1.25 bits per heavy atom. The predicted molar refractivity (Wildman–Crippen MR) is 75.0 cm³/mol. The van der Waals surface area contributed by atoms with Gasteiger partial charge < -0.3 is 20.2 Å². The number of carboxylic acid groups (broad SMARTS) is 1. The summed E-state index contributed by atoms with van der Waals surface area (Å²) < 4.78 is 0. The van der Waals surface area contributed by atoms with Crippen LogP contribution in [0.15, 0.2) is 24.3 Å². The molecule has 0 aliphatic carbocycles. The SMILES string of the molecule is O=C1CN(C2CCN(C(=O)O)CC2)c2ccccc2N1. The number of likely N-dealkylation sites (tertiary alicyclic amines) is 1. The molecule has 0 bridgehead atoms. The number of amides is 2. The fourth-order valence-corrected chi connectivity index (χ4v) is 2.95. The molecule has 106 valence electrons. The number of nitrogens with one attached hydrogen (secondary N) is 1. The van der Waals surface area contributed by atoms with Crippen LogP contribution in [0.1, 0.15) is 12.8 Å². The van der Waals surface area contributed by atoms with E-state index >= 15 is 0 Å². The lowest BCUT2D eigenvalue weighted by Gasteiger charge is -2.41. The summed E-state index contributed by atoms with van der Waals surface area (Å²) in [5, 5.41) is 11.9. The van der Waals surface area contributed by atoms with Crippen LogP contribution in [0.3, 0.4) is 0 Å². The van der Waals surface area contributed by atoms with Crippen molar-refractivity contribution in [1.29, 1.82) is 0 Å². The normalized spacial score (nSPS) is 19.5. The zero-order valence-electron chi connectivity index (χ0n) is 11.1. The summed E-state index contributed by atoms with van der Waals surface area (Å²) in [6, 6.07) is 7.97. The molecule has 2 aliphatic rings. The highest BCUT2D eigenvalue weighted by atomic mass is 16.4. The predicted octanol–water partition coefficient (Wildman–Crippen LogP) is 1.59. The molecule has 6 nitrogen and oxygen atoms in total. The summed E-state index contributed by atoms with van der Waals surface area (Å²) >= 11 is 0. The second-order valence-corrected chi connectivity index (χ2v) is 5.19. The molecule has 2 N–H and O–H groups in total. The number of anilines is 2. The van der Waals surface area contributed by atoms with Gasteiger partial charge in [-0.1, -0.05) is 12.1 Å². The molecule has 0 unspecified atom stereocenters. The van der Waals surface area contributed by atoms with Gasteiger partial charge in [-0.2, -0.15) is 0 Å². The van der Waals surface area contributed by atoms with E-state index in [2.05, 4.69) is 10.2 Å². The first-order chi connectivity index (χ1) is 9.65. The van der Waals surface area contributed by atoms with Gasteiger partial charge >= 0.3 is 6.09 Å². The molecule has 3 rings (SSSR count). The Kier molecular flexibility index (Phi) is 3.22. The first-order valence-electron chi connectivity index (χ1n) is 6.78. The number of rotatable bonds is 1. The Morgan fingerprint density at radius 2 is 1.95 bits per heavy atom. The zero-order chi connectivity index (χ0) is 14.1. The fraction of sp³-hybridized carbons (Fsp3) is 0.429. The highest BCUT2D eigenvalue weighted by Crippen LogP contribution is 2.32. The monoisotopic (exact) mass is 275 g/mol. The summed E-state index contributed by atoms with van der Waals surface area (Å²) in [6.07, 6.45) is 0.655. The molecule has 2 aliphatic heterocycles. The molecule has 2 amide bonds. The number of hydrogen-bond donors (Lipinski definition) is 2. The Labute approximate surface area is 117 Å². The standard InChI is InChI=1S/C14H17N3O3/c18-13-9-17(12-4-2-1-3-11(12)15-13)10-5-7-16(8-6-10)14(19)20/h1-4,10H,5-9H2,(H,15,18)(H,19,20). The maximum absolute atomic E-state index is 11.8. The van der Waals surface area contributed by atoms with Crippen molar-refractivity contribution in [1.82, 2.24) is 4.90 Å². The maximum Gasteiger partial charge on any atom is 0.407 e. The van der Waals surface area contributed by atoms with Crippen molar-refractivity contribution in [2.75, 3.05) is 29.9 Å². The van der Waals surface area contributed by atoms with Crippen LogP contribution in [-0.2, 0) is 4.79 Å². The highest BCUT2D eigenvalue weighted by molar-refractivity contribution is 6.01. The van der Waals surface area contributed by atoms with Gasteiger partial charge in [0.2, 0.25) is 5.91 Å². The van der Waals surface area contributed by atoms with Crippen molar-refractivity contribution in [2.45, 2.75) is 18.9 Å². The minimum absolute atomic E-state index is 0.00985. The van der Waals surface area contributed by atoms with E-state index in [-0.39, 0.29) is 11.9 Å². The van der Waals surface area contributed by atoms with Gasteiger partial charge in [-0.25, -0.2) is 4.79 Å². The second-order valence-electron chi connectivity index (χ2n) is 5.19. The van der Waals surface area contributed by atoms with Crippen LogP contribution < -0.4 is 10.2 Å². The Morgan fingerprint density at radius 3 is 2.65 bits per heavy atom. The van der Waals surface area contributed by atoms with Gasteiger partial charge in [0.25, 0.3) is 0 Å². The van der Waals surface area contributed by atoms with Gasteiger partial charge in [-0.05, 0) is 25.0 Å². The van der Waals surface area contributed by atoms with Crippen molar-refractivity contribution < 1.29 is 14.7 Å². The van der Waals surface area contributed by atoms with Gasteiger partial charge in [-0.15, -0.1) is 0 Å². The Hall–Kier alpha value is -2.24. The minimum Gasteiger partial charge on any atom is -0.465 e. The van der Waals surface area contributed by atoms with E-state index in [0.717, 1.165) is 24.2 Å². The van der Waals surface area contributed by atoms with Gasteiger partial charge in [0.05, 0.1) is 17.9 Å². The van der Waals surface area contributed by atoms with Crippen molar-refractivity contribution in [3.63, 3.8) is 0 Å². The van der Waals surface area contributed by atoms with E-state index in [1.165, 1.54) is 4.90 Å². The smallest absolute Gasteiger partial charge is 0.407 e. The third-order valence-electron chi connectivity index (χ3n) is 3.98. The number of carbonyl (C=O) groups is 2. The van der Waals surface area contributed by atoms with E-state index < -0.39 is 6.09 Å². The first-order valence-corrected chi connectivity index (χ1v) is 6.78. The second kappa shape index (κ2) is 5.03. The molecule has 2 heterocycles. The molecule has 6 heteroatoms. The summed E-state index contributed by atoms with van der Waals surface area (Å²) in [4.78, 5) is 26.3. The van der Waals surface area contributed by atoms with Crippen molar-refractivity contribution in [2.24, 2.45) is 0 Å².